The van der Waals surface area contributed by atoms with Crippen LogP contribution in [0.3, 0.4) is 0 Å². The molecule has 6 nitrogen and oxygen atoms in total. The smallest absolute Gasteiger partial charge is 0.248 e. The first-order valence-electron chi connectivity index (χ1n) is 8.44. The summed E-state index contributed by atoms with van der Waals surface area (Å²) in [5.41, 5.74) is 2.71. The molecule has 0 N–H and O–H groups in total. The average molecular weight is 341 g/mol. The number of ether oxygens (including phenoxy) is 2. The van der Waals surface area contributed by atoms with Gasteiger partial charge in [-0.1, -0.05) is 12.1 Å². The van der Waals surface area contributed by atoms with Gasteiger partial charge in [-0.05, 0) is 25.0 Å². The second-order valence-electron chi connectivity index (χ2n) is 6.17. The van der Waals surface area contributed by atoms with Gasteiger partial charge in [0.05, 0.1) is 24.7 Å². The normalized spacial score (nSPS) is 17.4. The van der Waals surface area contributed by atoms with Crippen LogP contribution in [0.2, 0.25) is 0 Å². The molecule has 0 bridgehead atoms. The van der Waals surface area contributed by atoms with E-state index in [1.54, 1.807) is 26.6 Å². The number of hydrogen-bond donors (Lipinski definition) is 0. The molecule has 1 amide bonds. The van der Waals surface area contributed by atoms with Crippen molar-refractivity contribution in [3.8, 4) is 17.0 Å². The summed E-state index contributed by atoms with van der Waals surface area (Å²) in [4.78, 5) is 23.1. The Morgan fingerprint density at radius 1 is 1.32 bits per heavy atom. The number of benzene rings is 1. The van der Waals surface area contributed by atoms with E-state index < -0.39 is 0 Å². The minimum absolute atomic E-state index is 0.0316. The minimum Gasteiger partial charge on any atom is -0.497 e. The summed E-state index contributed by atoms with van der Waals surface area (Å²) in [6.07, 6.45) is 5.53. The Bertz CT molecular complexity index is 735. The quantitative estimate of drug-likeness (QED) is 0.836. The van der Waals surface area contributed by atoms with Gasteiger partial charge in [0, 0.05) is 37.9 Å². The number of amides is 1. The molecule has 1 aromatic carbocycles. The molecule has 132 valence electrons. The van der Waals surface area contributed by atoms with Crippen LogP contribution < -0.4 is 4.74 Å². The summed E-state index contributed by atoms with van der Waals surface area (Å²) in [5, 5.41) is 0. The van der Waals surface area contributed by atoms with E-state index in [0.717, 1.165) is 42.1 Å². The van der Waals surface area contributed by atoms with E-state index in [4.69, 9.17) is 14.5 Å². The topological polar surface area (TPSA) is 64.5 Å². The molecule has 0 radical (unpaired) electrons. The van der Waals surface area contributed by atoms with Gasteiger partial charge in [0.15, 0.2) is 0 Å². The molecule has 0 saturated carbocycles. The van der Waals surface area contributed by atoms with Crippen LogP contribution in [0, 0.1) is 0 Å². The van der Waals surface area contributed by atoms with E-state index in [0.29, 0.717) is 6.54 Å². The SMILES string of the molecule is COCC(=O)N1CCC[C@H](c2cncc(-c3cccc(OC)c3)n2)C1. The average Bonchev–Trinajstić information content (AvgIpc) is 2.68. The molecule has 25 heavy (non-hydrogen) atoms. The Hall–Kier alpha value is -2.47. The Labute approximate surface area is 147 Å². The molecule has 1 atom stereocenters. The third-order valence-electron chi connectivity index (χ3n) is 4.48. The van der Waals surface area contributed by atoms with Crippen molar-refractivity contribution in [2.24, 2.45) is 0 Å². The Morgan fingerprint density at radius 3 is 3.00 bits per heavy atom. The number of aromatic nitrogens is 2. The van der Waals surface area contributed by atoms with Crippen LogP contribution in [-0.2, 0) is 9.53 Å². The van der Waals surface area contributed by atoms with Crippen molar-refractivity contribution in [3.05, 3.63) is 42.4 Å². The van der Waals surface area contributed by atoms with Crippen LogP contribution in [-0.4, -0.2) is 54.7 Å². The van der Waals surface area contributed by atoms with Gasteiger partial charge in [0.2, 0.25) is 5.91 Å². The zero-order valence-corrected chi connectivity index (χ0v) is 14.6. The fraction of sp³-hybridized carbons (Fsp3) is 0.421. The van der Waals surface area contributed by atoms with Crippen molar-refractivity contribution < 1.29 is 14.3 Å². The zero-order chi connectivity index (χ0) is 17.6. The molecule has 1 fully saturated rings. The first-order valence-corrected chi connectivity index (χ1v) is 8.44. The van der Waals surface area contributed by atoms with Gasteiger partial charge >= 0.3 is 0 Å². The third kappa shape index (κ3) is 4.14. The molecule has 0 aliphatic carbocycles. The summed E-state index contributed by atoms with van der Waals surface area (Å²) in [6, 6.07) is 7.78. The lowest BCUT2D eigenvalue weighted by atomic mass is 9.94. The van der Waals surface area contributed by atoms with Gasteiger partial charge in [0.1, 0.15) is 12.4 Å². The highest BCUT2D eigenvalue weighted by molar-refractivity contribution is 5.77. The molecule has 1 aromatic heterocycles. The maximum absolute atomic E-state index is 12.1. The van der Waals surface area contributed by atoms with Crippen LogP contribution in [0.5, 0.6) is 5.75 Å². The summed E-state index contributed by atoms with van der Waals surface area (Å²) >= 11 is 0. The van der Waals surface area contributed by atoms with Gasteiger partial charge in [-0.3, -0.25) is 9.78 Å². The molecule has 2 heterocycles. The van der Waals surface area contributed by atoms with Crippen molar-refractivity contribution in [3.63, 3.8) is 0 Å². The fourth-order valence-corrected chi connectivity index (χ4v) is 3.16. The van der Waals surface area contributed by atoms with Crippen molar-refractivity contribution in [1.82, 2.24) is 14.9 Å². The molecule has 0 unspecified atom stereocenters. The molecule has 2 aromatic rings. The number of hydrogen-bond acceptors (Lipinski definition) is 5. The fourth-order valence-electron chi connectivity index (χ4n) is 3.16. The van der Waals surface area contributed by atoms with Crippen LogP contribution >= 0.6 is 0 Å². The third-order valence-corrected chi connectivity index (χ3v) is 4.48. The number of piperidine rings is 1. The van der Waals surface area contributed by atoms with Crippen LogP contribution in [0.25, 0.3) is 11.3 Å². The van der Waals surface area contributed by atoms with E-state index in [2.05, 4.69) is 4.98 Å². The summed E-state index contributed by atoms with van der Waals surface area (Å²) in [6.45, 7) is 1.57. The second kappa shape index (κ2) is 8.07. The summed E-state index contributed by atoms with van der Waals surface area (Å²) in [7, 11) is 3.19. The molecule has 1 aliphatic rings. The molecular formula is C19H23N3O3. The lowest BCUT2D eigenvalue weighted by molar-refractivity contribution is -0.136. The van der Waals surface area contributed by atoms with Crippen LogP contribution in [0.15, 0.2) is 36.7 Å². The highest BCUT2D eigenvalue weighted by atomic mass is 16.5. The van der Waals surface area contributed by atoms with Gasteiger partial charge in [-0.2, -0.15) is 0 Å². The number of carbonyl (C=O) groups is 1. The molecule has 1 aliphatic heterocycles. The molecule has 1 saturated heterocycles. The van der Waals surface area contributed by atoms with Gasteiger partial charge < -0.3 is 14.4 Å². The highest BCUT2D eigenvalue weighted by Crippen LogP contribution is 2.28. The van der Waals surface area contributed by atoms with E-state index >= 15 is 0 Å². The number of methoxy groups -OCH3 is 2. The molecule has 3 rings (SSSR count). The largest absolute Gasteiger partial charge is 0.497 e. The number of nitrogens with zero attached hydrogens (tertiary/aromatic N) is 3. The molecule has 6 heteroatoms. The van der Waals surface area contributed by atoms with Crippen LogP contribution in [0.1, 0.15) is 24.5 Å². The number of carbonyl (C=O) groups excluding carboxylic acids is 1. The van der Waals surface area contributed by atoms with E-state index in [9.17, 15) is 4.79 Å². The molecular weight excluding hydrogens is 318 g/mol. The van der Waals surface area contributed by atoms with E-state index in [1.165, 1.54) is 0 Å². The lowest BCUT2D eigenvalue weighted by Crippen LogP contribution is -2.41. The maximum Gasteiger partial charge on any atom is 0.248 e. The minimum atomic E-state index is 0.0316. The Morgan fingerprint density at radius 2 is 2.20 bits per heavy atom. The lowest BCUT2D eigenvalue weighted by Gasteiger charge is -2.32. The van der Waals surface area contributed by atoms with Crippen LogP contribution in [0.4, 0.5) is 0 Å². The Kier molecular flexibility index (Phi) is 5.60. The number of rotatable bonds is 5. The Balaban J connectivity index is 1.80. The van der Waals surface area contributed by atoms with E-state index in [-0.39, 0.29) is 18.4 Å². The van der Waals surface area contributed by atoms with Crippen molar-refractivity contribution in [2.45, 2.75) is 18.8 Å². The summed E-state index contributed by atoms with van der Waals surface area (Å²) < 4.78 is 10.2. The first-order chi connectivity index (χ1) is 12.2. The zero-order valence-electron chi connectivity index (χ0n) is 14.6. The van der Waals surface area contributed by atoms with Crippen molar-refractivity contribution in [1.29, 1.82) is 0 Å². The maximum atomic E-state index is 12.1. The van der Waals surface area contributed by atoms with Crippen molar-refractivity contribution in [2.75, 3.05) is 33.9 Å². The standard InChI is InChI=1S/C19H23N3O3/c1-24-13-19(23)22-8-4-6-15(12-22)18-11-20-10-17(21-18)14-5-3-7-16(9-14)25-2/h3,5,7,9-11,15H,4,6,8,12-13H2,1-2H3/t15-/m0/s1. The number of likely N-dealkylation sites (tertiary alicyclic amines) is 1. The predicted molar refractivity (Wildman–Crippen MR) is 94.5 cm³/mol. The monoisotopic (exact) mass is 341 g/mol. The van der Waals surface area contributed by atoms with E-state index in [1.807, 2.05) is 29.2 Å². The predicted octanol–water partition coefficient (Wildman–Crippen LogP) is 2.50. The van der Waals surface area contributed by atoms with Gasteiger partial charge in [-0.25, -0.2) is 4.98 Å². The summed E-state index contributed by atoms with van der Waals surface area (Å²) in [5.74, 6) is 1.02. The first kappa shape index (κ1) is 17.4. The van der Waals surface area contributed by atoms with Crippen molar-refractivity contribution >= 4 is 5.91 Å². The van der Waals surface area contributed by atoms with Gasteiger partial charge in [0.25, 0.3) is 0 Å². The molecule has 0 spiro atoms. The second-order valence-corrected chi connectivity index (χ2v) is 6.17. The highest BCUT2D eigenvalue weighted by Gasteiger charge is 2.25. The van der Waals surface area contributed by atoms with Gasteiger partial charge in [-0.15, -0.1) is 0 Å².